The summed E-state index contributed by atoms with van der Waals surface area (Å²) in [6.07, 6.45) is 0. The first-order chi connectivity index (χ1) is 10.4. The third-order valence-corrected chi connectivity index (χ3v) is 3.72. The highest BCUT2D eigenvalue weighted by Crippen LogP contribution is 2.17. The Morgan fingerprint density at radius 1 is 0.818 bits per heavy atom. The largest absolute Gasteiger partial charge is 0.591 e. The van der Waals surface area contributed by atoms with Gasteiger partial charge in [0.2, 0.25) is 11.7 Å². The third kappa shape index (κ3) is 3.14. The summed E-state index contributed by atoms with van der Waals surface area (Å²) in [5, 5.41) is 5.54. The summed E-state index contributed by atoms with van der Waals surface area (Å²) < 4.78 is 45.6. The van der Waals surface area contributed by atoms with Gasteiger partial charge in [0, 0.05) is 11.1 Å². The number of benzene rings is 2. The maximum atomic E-state index is 13.0. The summed E-state index contributed by atoms with van der Waals surface area (Å²) in [4.78, 5) is 4.17. The molecule has 0 saturated carbocycles. The minimum atomic E-state index is -3.35. The molecule has 0 saturated heterocycles. The Hall–Kier alpha value is -2.29. The van der Waals surface area contributed by atoms with Crippen LogP contribution in [0.3, 0.4) is 0 Å². The van der Waals surface area contributed by atoms with Crippen molar-refractivity contribution in [2.45, 2.75) is 0 Å². The second-order valence-corrected chi connectivity index (χ2v) is 5.93. The highest BCUT2D eigenvalue weighted by molar-refractivity contribution is 7.97. The van der Waals surface area contributed by atoms with Crippen molar-refractivity contribution in [2.24, 2.45) is 18.9 Å². The van der Waals surface area contributed by atoms with Crippen LogP contribution in [-0.4, -0.2) is 16.2 Å². The van der Waals surface area contributed by atoms with Gasteiger partial charge in [-0.25, -0.2) is 8.78 Å². The summed E-state index contributed by atoms with van der Waals surface area (Å²) in [7, 11) is -3.35. The van der Waals surface area contributed by atoms with Gasteiger partial charge < -0.3 is 4.55 Å². The van der Waals surface area contributed by atoms with Crippen molar-refractivity contribution in [3.8, 4) is 0 Å². The van der Waals surface area contributed by atoms with E-state index in [-0.39, 0.29) is 11.7 Å². The third-order valence-electron chi connectivity index (χ3n) is 2.85. The van der Waals surface area contributed by atoms with E-state index in [4.69, 9.17) is 5.14 Å². The zero-order chi connectivity index (χ0) is 15.7. The van der Waals surface area contributed by atoms with E-state index >= 15 is 0 Å². The van der Waals surface area contributed by atoms with Gasteiger partial charge in [-0.05, 0) is 57.3 Å². The van der Waals surface area contributed by atoms with E-state index in [0.29, 0.717) is 11.1 Å². The average Bonchev–Trinajstić information content (AvgIpc) is 2.47. The van der Waals surface area contributed by atoms with Crippen molar-refractivity contribution < 1.29 is 13.3 Å². The molecule has 0 amide bonds. The van der Waals surface area contributed by atoms with E-state index in [1.807, 2.05) is 0 Å². The molecule has 0 aromatic heterocycles. The Labute approximate surface area is 126 Å². The van der Waals surface area contributed by atoms with Gasteiger partial charge in [-0.15, -0.1) is 5.14 Å². The number of amidine groups is 2. The monoisotopic (exact) mass is 320 g/mol. The molecule has 8 heteroatoms. The number of aliphatic imine (C=N–C) groups is 1. The molecule has 1 unspecified atom stereocenters. The van der Waals surface area contributed by atoms with Gasteiger partial charge >= 0.3 is 0 Å². The molecule has 1 atom stereocenters. The molecule has 112 valence electrons. The van der Waals surface area contributed by atoms with E-state index in [9.17, 15) is 13.3 Å². The summed E-state index contributed by atoms with van der Waals surface area (Å²) in [6.45, 7) is 0. The molecule has 3 rings (SSSR count). The Morgan fingerprint density at radius 3 is 1.77 bits per heavy atom. The lowest BCUT2D eigenvalue weighted by Gasteiger charge is -2.15. The highest BCUT2D eigenvalue weighted by atomic mass is 32.3. The quantitative estimate of drug-likeness (QED) is 0.862. The molecular weight excluding hydrogens is 310 g/mol. The Morgan fingerprint density at radius 2 is 1.27 bits per heavy atom. The lowest BCUT2D eigenvalue weighted by Crippen LogP contribution is -2.26. The Kier molecular flexibility index (Phi) is 3.65. The van der Waals surface area contributed by atoms with Crippen molar-refractivity contribution >= 4 is 22.1 Å². The second-order valence-electron chi connectivity index (χ2n) is 4.49. The maximum Gasteiger partial charge on any atom is 0.212 e. The first-order valence-corrected chi connectivity index (χ1v) is 7.72. The van der Waals surface area contributed by atoms with Crippen LogP contribution in [0.2, 0.25) is 0 Å². The number of rotatable bonds is 2. The lowest BCUT2D eigenvalue weighted by molar-refractivity contribution is 0.588. The molecule has 1 aliphatic heterocycles. The molecule has 5 nitrogen and oxygen atoms in total. The van der Waals surface area contributed by atoms with Crippen LogP contribution in [0.25, 0.3) is 0 Å². The van der Waals surface area contributed by atoms with Gasteiger partial charge in [-0.3, -0.25) is 0 Å². The predicted octanol–water partition coefficient (Wildman–Crippen LogP) is 2.43. The maximum absolute atomic E-state index is 13.0. The molecule has 0 spiro atoms. The molecule has 22 heavy (non-hydrogen) atoms. The summed E-state index contributed by atoms with van der Waals surface area (Å²) in [5.74, 6) is -0.661. The first kappa shape index (κ1) is 14.6. The van der Waals surface area contributed by atoms with Crippen molar-refractivity contribution in [3.05, 3.63) is 71.3 Å². The molecule has 2 aromatic carbocycles. The van der Waals surface area contributed by atoms with Gasteiger partial charge in [-0.2, -0.15) is 4.99 Å². The molecule has 2 N–H and O–H groups in total. The molecule has 0 fully saturated rings. The molecule has 1 aliphatic rings. The van der Waals surface area contributed by atoms with Crippen LogP contribution < -0.4 is 5.14 Å². The molecule has 0 radical (unpaired) electrons. The Bertz CT molecular complexity index is 777. The van der Waals surface area contributed by atoms with E-state index in [0.717, 1.165) is 0 Å². The molecule has 1 heterocycles. The van der Waals surface area contributed by atoms with Crippen molar-refractivity contribution in [3.63, 3.8) is 0 Å². The molecule has 2 aromatic rings. The van der Waals surface area contributed by atoms with Crippen LogP contribution in [0.5, 0.6) is 0 Å². The molecule has 0 aliphatic carbocycles. The Balaban J connectivity index is 2.08. The summed E-state index contributed by atoms with van der Waals surface area (Å²) in [6, 6.07) is 10.7. The van der Waals surface area contributed by atoms with Gasteiger partial charge in [0.1, 0.15) is 22.1 Å². The van der Waals surface area contributed by atoms with Crippen LogP contribution in [-0.2, 0) is 10.5 Å². The van der Waals surface area contributed by atoms with E-state index < -0.39 is 22.1 Å². The second kappa shape index (κ2) is 5.48. The number of hydrogen-bond acceptors (Lipinski definition) is 5. The van der Waals surface area contributed by atoms with E-state index in [1.165, 1.54) is 48.5 Å². The van der Waals surface area contributed by atoms with E-state index in [2.05, 4.69) is 13.8 Å². The normalized spacial score (nSPS) is 20.9. The fraction of sp³-hybridized carbons (Fsp3) is 0. The standard InChI is InChI=1S/C14H10F2N4OS/c15-11-5-1-9(2-6-11)13-18-14(20-22(17,21)19-13)10-3-7-12(16)8-4-10/h1-8H,(H2-,17,18,19,20,21). The summed E-state index contributed by atoms with van der Waals surface area (Å²) >= 11 is 0. The smallest absolute Gasteiger partial charge is 0.212 e. The fourth-order valence-corrected chi connectivity index (χ4v) is 2.67. The first-order valence-electron chi connectivity index (χ1n) is 6.18. The summed E-state index contributed by atoms with van der Waals surface area (Å²) in [5.41, 5.74) is 0.906. The number of nitrogens with zero attached hydrogens (tertiary/aromatic N) is 3. The number of halogens is 2. The average molecular weight is 320 g/mol. The van der Waals surface area contributed by atoms with Crippen LogP contribution in [0.4, 0.5) is 8.78 Å². The van der Waals surface area contributed by atoms with Gasteiger partial charge in [-0.1, -0.05) is 0 Å². The fourth-order valence-electron chi connectivity index (χ4n) is 1.84. The topological polar surface area (TPSA) is 86.2 Å². The van der Waals surface area contributed by atoms with Gasteiger partial charge in [0.25, 0.3) is 0 Å². The predicted molar refractivity (Wildman–Crippen MR) is 80.6 cm³/mol. The molecular formula is C14H10F2N4OS. The lowest BCUT2D eigenvalue weighted by atomic mass is 10.2. The highest BCUT2D eigenvalue weighted by Gasteiger charge is 2.21. The van der Waals surface area contributed by atoms with Crippen LogP contribution >= 0.6 is 0 Å². The van der Waals surface area contributed by atoms with E-state index in [1.54, 1.807) is 0 Å². The minimum Gasteiger partial charge on any atom is -0.591 e. The SMILES string of the molecule is N[S+]1([O-])=NC(c2ccc(F)cc2)=NC(c2ccc(F)cc2)=N1. The van der Waals surface area contributed by atoms with Crippen molar-refractivity contribution in [1.29, 1.82) is 0 Å². The van der Waals surface area contributed by atoms with Crippen LogP contribution in [0.15, 0.2) is 62.3 Å². The zero-order valence-electron chi connectivity index (χ0n) is 11.1. The van der Waals surface area contributed by atoms with Crippen molar-refractivity contribution in [1.82, 2.24) is 0 Å². The number of hydrogen-bond donors (Lipinski definition) is 1. The zero-order valence-corrected chi connectivity index (χ0v) is 11.9. The van der Waals surface area contributed by atoms with Gasteiger partial charge in [0.05, 0.1) is 0 Å². The molecule has 0 bridgehead atoms. The van der Waals surface area contributed by atoms with Crippen LogP contribution in [0, 0.1) is 11.6 Å². The number of nitrogens with two attached hydrogens (primary N) is 1. The van der Waals surface area contributed by atoms with Crippen molar-refractivity contribution in [2.75, 3.05) is 0 Å². The van der Waals surface area contributed by atoms with Gasteiger partial charge in [0.15, 0.2) is 0 Å². The minimum absolute atomic E-state index is 0.0850. The van der Waals surface area contributed by atoms with Crippen LogP contribution in [0.1, 0.15) is 11.1 Å².